The number of para-hydroxylation sites is 2. The lowest BCUT2D eigenvalue weighted by Crippen LogP contribution is -2.37. The van der Waals surface area contributed by atoms with Gasteiger partial charge in [0.15, 0.2) is 0 Å². The lowest BCUT2D eigenvalue weighted by atomic mass is 10.0. The first-order chi connectivity index (χ1) is 12.8. The van der Waals surface area contributed by atoms with Crippen molar-refractivity contribution in [1.29, 1.82) is 0 Å². The summed E-state index contributed by atoms with van der Waals surface area (Å²) in [5.74, 6) is 2.23. The summed E-state index contributed by atoms with van der Waals surface area (Å²) in [7, 11) is 0. The molecule has 4 rings (SSSR count). The van der Waals surface area contributed by atoms with Gasteiger partial charge in [-0.1, -0.05) is 31.9 Å². The number of imidazole rings is 1. The van der Waals surface area contributed by atoms with Gasteiger partial charge < -0.3 is 14.8 Å². The number of piperidine rings is 1. The SMILES string of the molecule is CCNCCc1nc2ccccc2n1C1CCN(CC2CCCC2)CC1. The Labute approximate surface area is 158 Å². The number of hydrogen-bond donors (Lipinski definition) is 1. The Bertz CT molecular complexity index is 693. The number of nitrogens with zero attached hydrogens (tertiary/aromatic N) is 3. The van der Waals surface area contributed by atoms with Crippen LogP contribution in [0.15, 0.2) is 24.3 Å². The molecular weight excluding hydrogens is 320 g/mol. The fourth-order valence-corrected chi connectivity index (χ4v) is 4.97. The van der Waals surface area contributed by atoms with E-state index in [4.69, 9.17) is 4.98 Å². The van der Waals surface area contributed by atoms with E-state index in [1.54, 1.807) is 0 Å². The number of rotatable bonds is 7. The first kappa shape index (κ1) is 18.0. The highest BCUT2D eigenvalue weighted by atomic mass is 15.2. The summed E-state index contributed by atoms with van der Waals surface area (Å²) >= 11 is 0. The maximum absolute atomic E-state index is 4.97. The quantitative estimate of drug-likeness (QED) is 0.763. The molecule has 0 spiro atoms. The summed E-state index contributed by atoms with van der Waals surface area (Å²) in [5.41, 5.74) is 2.49. The van der Waals surface area contributed by atoms with E-state index in [0.29, 0.717) is 6.04 Å². The maximum atomic E-state index is 4.97. The maximum Gasteiger partial charge on any atom is 0.111 e. The zero-order chi connectivity index (χ0) is 17.8. The van der Waals surface area contributed by atoms with Gasteiger partial charge in [-0.05, 0) is 50.3 Å². The van der Waals surface area contributed by atoms with E-state index in [-0.39, 0.29) is 0 Å². The highest BCUT2D eigenvalue weighted by Crippen LogP contribution is 2.31. The van der Waals surface area contributed by atoms with Gasteiger partial charge in [0.05, 0.1) is 11.0 Å². The van der Waals surface area contributed by atoms with Crippen LogP contribution in [0, 0.1) is 5.92 Å². The summed E-state index contributed by atoms with van der Waals surface area (Å²) in [6, 6.07) is 9.29. The zero-order valence-corrected chi connectivity index (χ0v) is 16.3. The van der Waals surface area contributed by atoms with Crippen molar-refractivity contribution in [3.05, 3.63) is 30.1 Å². The molecule has 142 valence electrons. The number of aromatic nitrogens is 2. The van der Waals surface area contributed by atoms with Crippen LogP contribution in [0.1, 0.15) is 57.3 Å². The van der Waals surface area contributed by atoms with Crippen LogP contribution in [0.25, 0.3) is 11.0 Å². The standard InChI is InChI=1S/C22H34N4/c1-2-23-14-11-22-24-20-9-5-6-10-21(20)26(22)19-12-15-25(16-13-19)17-18-7-3-4-8-18/h5-6,9-10,18-19,23H,2-4,7-8,11-17H2,1H3. The monoisotopic (exact) mass is 354 g/mol. The molecule has 1 aromatic carbocycles. The van der Waals surface area contributed by atoms with Gasteiger partial charge >= 0.3 is 0 Å². The van der Waals surface area contributed by atoms with Crippen molar-refractivity contribution in [3.8, 4) is 0 Å². The van der Waals surface area contributed by atoms with Crippen LogP contribution >= 0.6 is 0 Å². The van der Waals surface area contributed by atoms with E-state index in [1.807, 2.05) is 0 Å². The van der Waals surface area contributed by atoms with E-state index in [1.165, 1.54) is 69.5 Å². The lowest BCUT2D eigenvalue weighted by molar-refractivity contribution is 0.163. The van der Waals surface area contributed by atoms with Crippen LogP contribution < -0.4 is 5.32 Å². The van der Waals surface area contributed by atoms with Gasteiger partial charge in [-0.15, -0.1) is 0 Å². The number of benzene rings is 1. The van der Waals surface area contributed by atoms with E-state index in [2.05, 4.69) is 46.0 Å². The molecule has 4 heteroatoms. The van der Waals surface area contributed by atoms with Crippen LogP contribution in [0.2, 0.25) is 0 Å². The second kappa shape index (κ2) is 8.53. The Morgan fingerprint density at radius 3 is 2.62 bits per heavy atom. The van der Waals surface area contributed by atoms with Gasteiger partial charge in [0, 0.05) is 38.6 Å². The minimum Gasteiger partial charge on any atom is -0.325 e. The molecule has 2 aromatic rings. The van der Waals surface area contributed by atoms with Gasteiger partial charge in [-0.2, -0.15) is 0 Å². The molecule has 4 nitrogen and oxygen atoms in total. The molecule has 0 amide bonds. The van der Waals surface area contributed by atoms with Gasteiger partial charge in [0.25, 0.3) is 0 Å². The summed E-state index contributed by atoms with van der Waals surface area (Å²) in [6.45, 7) is 8.05. The zero-order valence-electron chi connectivity index (χ0n) is 16.3. The van der Waals surface area contributed by atoms with Crippen LogP contribution in [0.4, 0.5) is 0 Å². The molecule has 1 aliphatic carbocycles. The van der Waals surface area contributed by atoms with Crippen molar-refractivity contribution in [2.45, 2.75) is 57.9 Å². The molecule has 1 N–H and O–H groups in total. The molecule has 26 heavy (non-hydrogen) atoms. The molecule has 2 heterocycles. The second-order valence-corrected chi connectivity index (χ2v) is 8.17. The lowest BCUT2D eigenvalue weighted by Gasteiger charge is -2.35. The number of hydrogen-bond acceptors (Lipinski definition) is 3. The molecule has 1 aliphatic heterocycles. The Kier molecular flexibility index (Phi) is 5.91. The topological polar surface area (TPSA) is 33.1 Å². The van der Waals surface area contributed by atoms with E-state index in [0.717, 1.165) is 30.9 Å². The fourth-order valence-electron chi connectivity index (χ4n) is 4.97. The van der Waals surface area contributed by atoms with Gasteiger partial charge in [-0.25, -0.2) is 4.98 Å². The minimum absolute atomic E-state index is 0.610. The van der Waals surface area contributed by atoms with Gasteiger partial charge in [0.1, 0.15) is 5.82 Å². The van der Waals surface area contributed by atoms with Crippen molar-refractivity contribution >= 4 is 11.0 Å². The molecule has 2 fully saturated rings. The fraction of sp³-hybridized carbons (Fsp3) is 0.682. The number of nitrogens with one attached hydrogen (secondary N) is 1. The van der Waals surface area contributed by atoms with Crippen molar-refractivity contribution in [2.75, 3.05) is 32.7 Å². The van der Waals surface area contributed by atoms with Crippen LogP contribution in [0.3, 0.4) is 0 Å². The summed E-state index contributed by atoms with van der Waals surface area (Å²) < 4.78 is 2.57. The molecule has 1 aromatic heterocycles. The molecule has 0 atom stereocenters. The summed E-state index contributed by atoms with van der Waals surface area (Å²) in [5, 5.41) is 3.46. The third-order valence-corrected chi connectivity index (χ3v) is 6.36. The molecular formula is C22H34N4. The van der Waals surface area contributed by atoms with Gasteiger partial charge in [0.2, 0.25) is 0 Å². The molecule has 0 unspecified atom stereocenters. The van der Waals surface area contributed by atoms with Crippen molar-refractivity contribution in [3.63, 3.8) is 0 Å². The third kappa shape index (κ3) is 3.96. The van der Waals surface area contributed by atoms with Crippen molar-refractivity contribution in [2.24, 2.45) is 5.92 Å². The molecule has 0 radical (unpaired) electrons. The number of fused-ring (bicyclic) bond motifs is 1. The average molecular weight is 355 g/mol. The Balaban J connectivity index is 1.46. The molecule has 1 saturated carbocycles. The van der Waals surface area contributed by atoms with E-state index >= 15 is 0 Å². The Morgan fingerprint density at radius 2 is 1.85 bits per heavy atom. The Morgan fingerprint density at radius 1 is 1.08 bits per heavy atom. The molecule has 1 saturated heterocycles. The van der Waals surface area contributed by atoms with Crippen LogP contribution in [-0.2, 0) is 6.42 Å². The number of likely N-dealkylation sites (N-methyl/N-ethyl adjacent to an activating group) is 1. The predicted molar refractivity (Wildman–Crippen MR) is 109 cm³/mol. The predicted octanol–water partition coefficient (Wildman–Crippen LogP) is 4.02. The minimum atomic E-state index is 0.610. The highest BCUT2D eigenvalue weighted by Gasteiger charge is 2.26. The first-order valence-electron chi connectivity index (χ1n) is 10.7. The Hall–Kier alpha value is -1.39. The number of likely N-dealkylation sites (tertiary alicyclic amines) is 1. The smallest absolute Gasteiger partial charge is 0.111 e. The highest BCUT2D eigenvalue weighted by molar-refractivity contribution is 5.76. The second-order valence-electron chi connectivity index (χ2n) is 8.17. The van der Waals surface area contributed by atoms with Gasteiger partial charge in [-0.3, -0.25) is 0 Å². The molecule has 2 aliphatic rings. The van der Waals surface area contributed by atoms with Crippen LogP contribution in [-0.4, -0.2) is 47.2 Å². The van der Waals surface area contributed by atoms with Crippen molar-refractivity contribution < 1.29 is 0 Å². The average Bonchev–Trinajstić information content (AvgIpc) is 3.30. The summed E-state index contributed by atoms with van der Waals surface area (Å²) in [4.78, 5) is 7.70. The van der Waals surface area contributed by atoms with Crippen LogP contribution in [0.5, 0.6) is 0 Å². The van der Waals surface area contributed by atoms with Crippen molar-refractivity contribution in [1.82, 2.24) is 19.8 Å². The normalized spacial score (nSPS) is 20.3. The van der Waals surface area contributed by atoms with E-state index in [9.17, 15) is 0 Å². The third-order valence-electron chi connectivity index (χ3n) is 6.36. The largest absolute Gasteiger partial charge is 0.325 e. The summed E-state index contributed by atoms with van der Waals surface area (Å²) in [6.07, 6.45) is 9.38. The molecule has 0 bridgehead atoms. The first-order valence-corrected chi connectivity index (χ1v) is 10.7. The van der Waals surface area contributed by atoms with E-state index < -0.39 is 0 Å².